The molecule has 0 bridgehead atoms. The number of aliphatic hydroxyl groups is 4. The first-order chi connectivity index (χ1) is 9.27. The summed E-state index contributed by atoms with van der Waals surface area (Å²) in [5.74, 6) is -3.01. The Bertz CT molecular complexity index is 415. The molecule has 10 heteroatoms. The number of nitrogens with one attached hydrogen (secondary N) is 1. The van der Waals surface area contributed by atoms with Crippen molar-refractivity contribution in [2.24, 2.45) is 0 Å². The van der Waals surface area contributed by atoms with E-state index in [1.807, 2.05) is 0 Å². The SMILES string of the molecule is CC(=O)NC1[C@H]([C@H](O)[C@H](O)CO)OC(C(=O)[O-])=C[C@@H]1O.[Na+]. The van der Waals surface area contributed by atoms with Crippen molar-refractivity contribution in [2.75, 3.05) is 6.61 Å². The summed E-state index contributed by atoms with van der Waals surface area (Å²) in [4.78, 5) is 21.8. The largest absolute Gasteiger partial charge is 1.00 e. The Balaban J connectivity index is 0.00000400. The molecule has 9 nitrogen and oxygen atoms in total. The normalized spacial score (nSPS) is 27.5. The second-order valence-electron chi connectivity index (χ2n) is 4.36. The van der Waals surface area contributed by atoms with E-state index in [0.29, 0.717) is 0 Å². The Labute approximate surface area is 142 Å². The third-order valence-corrected chi connectivity index (χ3v) is 2.80. The fourth-order valence-electron chi connectivity index (χ4n) is 1.84. The number of ether oxygens (including phenoxy) is 1. The standard InChI is InChI=1S/C11H17NO8.Na/c1-4(14)12-8-5(15)2-7(11(18)19)20-10(8)9(17)6(16)3-13;/h2,5-6,8-10,13,15-17H,3H2,1H3,(H,12,14)(H,18,19);/q;+1/p-1/t5-,6+,8?,9+,10+;/m0./s1. The molecular weight excluding hydrogens is 297 g/mol. The fourth-order valence-corrected chi connectivity index (χ4v) is 1.84. The number of carbonyl (C=O) groups is 2. The van der Waals surface area contributed by atoms with Crippen LogP contribution in [0.2, 0.25) is 0 Å². The summed E-state index contributed by atoms with van der Waals surface area (Å²) in [7, 11) is 0. The van der Waals surface area contributed by atoms with Crippen molar-refractivity contribution in [3.05, 3.63) is 11.8 Å². The minimum Gasteiger partial charge on any atom is -0.542 e. The van der Waals surface area contributed by atoms with E-state index in [1.165, 1.54) is 0 Å². The molecule has 0 fully saturated rings. The molecule has 0 aliphatic carbocycles. The van der Waals surface area contributed by atoms with Gasteiger partial charge in [-0.3, -0.25) is 4.79 Å². The van der Waals surface area contributed by atoms with Crippen LogP contribution in [-0.4, -0.2) is 69.4 Å². The number of hydrogen-bond acceptors (Lipinski definition) is 8. The number of hydrogen-bond donors (Lipinski definition) is 5. The molecule has 0 saturated carbocycles. The first kappa shape index (κ1) is 20.3. The van der Waals surface area contributed by atoms with Crippen molar-refractivity contribution in [3.8, 4) is 0 Å². The summed E-state index contributed by atoms with van der Waals surface area (Å²) < 4.78 is 4.92. The number of amides is 1. The summed E-state index contributed by atoms with van der Waals surface area (Å²) in [5.41, 5.74) is 0. The fraction of sp³-hybridized carbons (Fsp3) is 0.636. The van der Waals surface area contributed by atoms with Gasteiger partial charge in [0.2, 0.25) is 5.91 Å². The number of carboxylic acids is 1. The molecule has 1 heterocycles. The molecule has 0 radical (unpaired) electrons. The summed E-state index contributed by atoms with van der Waals surface area (Å²) >= 11 is 0. The first-order valence-corrected chi connectivity index (χ1v) is 5.80. The van der Waals surface area contributed by atoms with Crippen LogP contribution < -0.4 is 40.0 Å². The van der Waals surface area contributed by atoms with E-state index in [-0.39, 0.29) is 29.6 Å². The van der Waals surface area contributed by atoms with E-state index in [9.17, 15) is 30.0 Å². The molecule has 0 aromatic heterocycles. The Morgan fingerprint density at radius 2 is 2.05 bits per heavy atom. The van der Waals surface area contributed by atoms with Crippen molar-refractivity contribution in [2.45, 2.75) is 37.4 Å². The number of aliphatic carboxylic acids is 1. The average molecular weight is 313 g/mol. The number of aliphatic hydroxyl groups excluding tert-OH is 4. The Morgan fingerprint density at radius 1 is 1.48 bits per heavy atom. The van der Waals surface area contributed by atoms with Gasteiger partial charge < -0.3 is 40.4 Å². The second-order valence-corrected chi connectivity index (χ2v) is 4.36. The van der Waals surface area contributed by atoms with Crippen molar-refractivity contribution >= 4 is 11.9 Å². The van der Waals surface area contributed by atoms with Crippen LogP contribution in [-0.2, 0) is 14.3 Å². The monoisotopic (exact) mass is 313 g/mol. The van der Waals surface area contributed by atoms with Gasteiger partial charge in [-0.05, 0) is 6.08 Å². The van der Waals surface area contributed by atoms with Gasteiger partial charge in [0.15, 0.2) is 6.10 Å². The molecule has 1 unspecified atom stereocenters. The topological polar surface area (TPSA) is 159 Å². The molecule has 0 aromatic rings. The van der Waals surface area contributed by atoms with Gasteiger partial charge in [-0.15, -0.1) is 0 Å². The third kappa shape index (κ3) is 5.22. The van der Waals surface area contributed by atoms with Crippen LogP contribution >= 0.6 is 0 Å². The molecule has 114 valence electrons. The molecule has 1 aliphatic rings. The van der Waals surface area contributed by atoms with Crippen molar-refractivity contribution in [1.82, 2.24) is 5.32 Å². The molecule has 0 saturated heterocycles. The Hall–Kier alpha value is -0.680. The van der Waals surface area contributed by atoms with Crippen LogP contribution in [0.3, 0.4) is 0 Å². The van der Waals surface area contributed by atoms with Crippen LogP contribution in [0.5, 0.6) is 0 Å². The maximum absolute atomic E-state index is 11.1. The van der Waals surface area contributed by atoms with Crippen molar-refractivity contribution < 1.29 is 69.4 Å². The van der Waals surface area contributed by atoms with Crippen molar-refractivity contribution in [1.29, 1.82) is 0 Å². The zero-order valence-corrected chi connectivity index (χ0v) is 13.6. The van der Waals surface area contributed by atoms with Crippen LogP contribution in [0.15, 0.2) is 11.8 Å². The van der Waals surface area contributed by atoms with Gasteiger partial charge in [0, 0.05) is 6.92 Å². The van der Waals surface area contributed by atoms with Crippen LogP contribution in [0.25, 0.3) is 0 Å². The molecular formula is C11H16NNaO8. The molecule has 5 atom stereocenters. The van der Waals surface area contributed by atoms with Gasteiger partial charge in [-0.2, -0.15) is 0 Å². The number of rotatable bonds is 5. The second kappa shape index (κ2) is 8.69. The minimum atomic E-state index is -1.73. The molecule has 1 rings (SSSR count). The maximum Gasteiger partial charge on any atom is 1.00 e. The number of carboxylic acid groups (broad SMARTS) is 1. The van der Waals surface area contributed by atoms with Crippen LogP contribution in [0, 0.1) is 0 Å². The van der Waals surface area contributed by atoms with E-state index in [0.717, 1.165) is 13.0 Å². The van der Waals surface area contributed by atoms with E-state index < -0.39 is 54.7 Å². The zero-order chi connectivity index (χ0) is 15.4. The summed E-state index contributed by atoms with van der Waals surface area (Å²) in [5, 5.41) is 50.8. The Morgan fingerprint density at radius 3 is 2.48 bits per heavy atom. The van der Waals surface area contributed by atoms with Gasteiger partial charge in [-0.25, -0.2) is 0 Å². The first-order valence-electron chi connectivity index (χ1n) is 5.80. The quantitative estimate of drug-likeness (QED) is 0.313. The molecule has 0 spiro atoms. The predicted molar refractivity (Wildman–Crippen MR) is 60.7 cm³/mol. The van der Waals surface area contributed by atoms with Crippen molar-refractivity contribution in [3.63, 3.8) is 0 Å². The van der Waals surface area contributed by atoms with E-state index in [2.05, 4.69) is 5.32 Å². The summed E-state index contributed by atoms with van der Waals surface area (Å²) in [6.07, 6.45) is -5.48. The smallest absolute Gasteiger partial charge is 0.542 e. The zero-order valence-electron chi connectivity index (χ0n) is 11.6. The van der Waals surface area contributed by atoms with Gasteiger partial charge in [-0.1, -0.05) is 0 Å². The maximum atomic E-state index is 11.1. The Kier molecular flexibility index (Phi) is 8.41. The van der Waals surface area contributed by atoms with Crippen LogP contribution in [0.1, 0.15) is 6.92 Å². The molecule has 21 heavy (non-hydrogen) atoms. The number of carbonyl (C=O) groups excluding carboxylic acids is 2. The minimum absolute atomic E-state index is 0. The van der Waals surface area contributed by atoms with E-state index in [1.54, 1.807) is 0 Å². The summed E-state index contributed by atoms with van der Waals surface area (Å²) in [6.45, 7) is 0.338. The van der Waals surface area contributed by atoms with Crippen LogP contribution in [0.4, 0.5) is 0 Å². The molecule has 1 aliphatic heterocycles. The van der Waals surface area contributed by atoms with Gasteiger partial charge in [0.05, 0.1) is 18.8 Å². The third-order valence-electron chi connectivity index (χ3n) is 2.80. The van der Waals surface area contributed by atoms with E-state index in [4.69, 9.17) is 9.84 Å². The van der Waals surface area contributed by atoms with E-state index >= 15 is 0 Å². The molecule has 1 amide bonds. The average Bonchev–Trinajstić information content (AvgIpc) is 2.38. The predicted octanol–water partition coefficient (Wildman–Crippen LogP) is -7.40. The molecule has 5 N–H and O–H groups in total. The van der Waals surface area contributed by atoms with Gasteiger partial charge >= 0.3 is 29.6 Å². The summed E-state index contributed by atoms with van der Waals surface area (Å²) in [6, 6.07) is -1.19. The van der Waals surface area contributed by atoms with Gasteiger partial charge in [0.1, 0.15) is 23.9 Å². The van der Waals surface area contributed by atoms with Gasteiger partial charge in [0.25, 0.3) is 0 Å². The molecule has 0 aromatic carbocycles.